The lowest BCUT2D eigenvalue weighted by atomic mass is 10.2. The topological polar surface area (TPSA) is 70.9 Å². The number of aryl methyl sites for hydroxylation is 1. The molecular weight excluding hydrogens is 216 g/mol. The average molecular weight is 232 g/mol. The zero-order chi connectivity index (χ0) is 12.3. The van der Waals surface area contributed by atoms with E-state index in [-0.39, 0.29) is 6.10 Å². The second-order valence-electron chi connectivity index (χ2n) is 4.15. The molecular formula is C12H16N4O. The van der Waals surface area contributed by atoms with E-state index in [4.69, 9.17) is 5.11 Å². The number of aliphatic hydroxyl groups is 1. The Hall–Kier alpha value is -1.59. The van der Waals surface area contributed by atoms with E-state index in [1.54, 1.807) is 19.3 Å². The fourth-order valence-corrected chi connectivity index (χ4v) is 1.57. The second kappa shape index (κ2) is 5.16. The van der Waals surface area contributed by atoms with Gasteiger partial charge < -0.3 is 10.4 Å². The maximum atomic E-state index is 9.14. The van der Waals surface area contributed by atoms with Crippen LogP contribution in [0.2, 0.25) is 0 Å². The normalized spacial score (nSPS) is 12.9. The first-order chi connectivity index (χ1) is 8.15. The van der Waals surface area contributed by atoms with Gasteiger partial charge in [-0.2, -0.15) is 0 Å². The summed E-state index contributed by atoms with van der Waals surface area (Å²) in [5.41, 5.74) is 2.71. The Balaban J connectivity index is 2.13. The molecule has 17 heavy (non-hydrogen) atoms. The molecule has 2 aromatic heterocycles. The van der Waals surface area contributed by atoms with Gasteiger partial charge in [-0.3, -0.25) is 4.98 Å². The lowest BCUT2D eigenvalue weighted by Gasteiger charge is -2.07. The fraction of sp³-hybridized carbons (Fsp3) is 0.417. The number of rotatable bonds is 4. The molecule has 0 bridgehead atoms. The van der Waals surface area contributed by atoms with Crippen molar-refractivity contribution in [1.82, 2.24) is 20.3 Å². The third-order valence-electron chi connectivity index (χ3n) is 2.38. The van der Waals surface area contributed by atoms with E-state index >= 15 is 0 Å². The smallest absolute Gasteiger partial charge is 0.126 e. The van der Waals surface area contributed by atoms with Gasteiger partial charge in [0, 0.05) is 19.3 Å². The zero-order valence-corrected chi connectivity index (χ0v) is 10.0. The lowest BCUT2D eigenvalue weighted by molar-refractivity contribution is 0.191. The largest absolute Gasteiger partial charge is 0.392 e. The van der Waals surface area contributed by atoms with Crippen LogP contribution in [-0.2, 0) is 6.54 Å². The second-order valence-corrected chi connectivity index (χ2v) is 4.15. The van der Waals surface area contributed by atoms with Crippen LogP contribution in [0, 0.1) is 6.92 Å². The molecule has 90 valence electrons. The third kappa shape index (κ3) is 3.18. The molecule has 2 aromatic rings. The zero-order valence-electron chi connectivity index (χ0n) is 10.0. The van der Waals surface area contributed by atoms with E-state index in [1.807, 2.05) is 13.0 Å². The summed E-state index contributed by atoms with van der Waals surface area (Å²) in [5.74, 6) is 0.744. The number of nitrogens with one attached hydrogen (secondary N) is 1. The first kappa shape index (κ1) is 11.9. The van der Waals surface area contributed by atoms with Crippen molar-refractivity contribution in [3.63, 3.8) is 0 Å². The molecule has 0 aromatic carbocycles. The van der Waals surface area contributed by atoms with Gasteiger partial charge in [0.2, 0.25) is 0 Å². The van der Waals surface area contributed by atoms with Crippen LogP contribution in [0.25, 0.3) is 11.0 Å². The Labute approximate surface area is 99.9 Å². The molecule has 0 saturated heterocycles. The number of fused-ring (bicyclic) bond motifs is 1. The molecule has 0 saturated carbocycles. The maximum absolute atomic E-state index is 9.14. The molecule has 2 heterocycles. The SMILES string of the molecule is Cc1ncc2ncc(CNCC(C)O)cc2n1. The minimum Gasteiger partial charge on any atom is -0.392 e. The van der Waals surface area contributed by atoms with Crippen molar-refractivity contribution < 1.29 is 5.11 Å². The first-order valence-electron chi connectivity index (χ1n) is 5.62. The van der Waals surface area contributed by atoms with Gasteiger partial charge in [-0.05, 0) is 25.5 Å². The van der Waals surface area contributed by atoms with Crippen LogP contribution in [0.4, 0.5) is 0 Å². The van der Waals surface area contributed by atoms with Gasteiger partial charge in [-0.25, -0.2) is 9.97 Å². The highest BCUT2D eigenvalue weighted by Crippen LogP contribution is 2.09. The molecule has 0 aliphatic heterocycles. The van der Waals surface area contributed by atoms with Crippen LogP contribution >= 0.6 is 0 Å². The van der Waals surface area contributed by atoms with E-state index in [1.165, 1.54) is 0 Å². The Morgan fingerprint density at radius 2 is 2.12 bits per heavy atom. The Kier molecular flexibility index (Phi) is 3.61. The van der Waals surface area contributed by atoms with E-state index in [0.717, 1.165) is 22.4 Å². The number of aromatic nitrogens is 3. The predicted molar refractivity (Wildman–Crippen MR) is 65.5 cm³/mol. The van der Waals surface area contributed by atoms with Gasteiger partial charge in [0.15, 0.2) is 0 Å². The summed E-state index contributed by atoms with van der Waals surface area (Å²) in [6.07, 6.45) is 3.19. The minimum absolute atomic E-state index is 0.340. The number of hydrogen-bond donors (Lipinski definition) is 2. The minimum atomic E-state index is -0.340. The van der Waals surface area contributed by atoms with Crippen molar-refractivity contribution in [2.45, 2.75) is 26.5 Å². The standard InChI is InChI=1S/C12H16N4O/c1-8(17)4-13-5-10-3-11-12(15-6-10)7-14-9(2)16-11/h3,6-8,13,17H,4-5H2,1-2H3. The molecule has 5 heteroatoms. The highest BCUT2D eigenvalue weighted by Gasteiger charge is 2.01. The van der Waals surface area contributed by atoms with E-state index < -0.39 is 0 Å². The van der Waals surface area contributed by atoms with Crippen LogP contribution in [-0.4, -0.2) is 32.7 Å². The fourth-order valence-electron chi connectivity index (χ4n) is 1.57. The van der Waals surface area contributed by atoms with Crippen molar-refractivity contribution in [3.8, 4) is 0 Å². The Morgan fingerprint density at radius 3 is 2.88 bits per heavy atom. The van der Waals surface area contributed by atoms with Gasteiger partial charge in [0.25, 0.3) is 0 Å². The molecule has 2 N–H and O–H groups in total. The number of aliphatic hydroxyl groups excluding tert-OH is 1. The van der Waals surface area contributed by atoms with E-state index in [0.29, 0.717) is 13.1 Å². The van der Waals surface area contributed by atoms with Crippen molar-refractivity contribution in [3.05, 3.63) is 29.8 Å². The van der Waals surface area contributed by atoms with Crippen molar-refractivity contribution >= 4 is 11.0 Å². The van der Waals surface area contributed by atoms with Crippen LogP contribution < -0.4 is 5.32 Å². The molecule has 0 aliphatic rings. The third-order valence-corrected chi connectivity index (χ3v) is 2.38. The number of pyridine rings is 1. The maximum Gasteiger partial charge on any atom is 0.126 e. The van der Waals surface area contributed by atoms with Gasteiger partial charge in [0.05, 0.1) is 17.8 Å². The van der Waals surface area contributed by atoms with Crippen LogP contribution in [0.3, 0.4) is 0 Å². The molecule has 1 unspecified atom stereocenters. The summed E-state index contributed by atoms with van der Waals surface area (Å²) in [6, 6.07) is 1.99. The molecule has 1 atom stereocenters. The molecule has 0 fully saturated rings. The molecule has 0 aliphatic carbocycles. The summed E-state index contributed by atoms with van der Waals surface area (Å²) >= 11 is 0. The molecule has 0 radical (unpaired) electrons. The number of hydrogen-bond acceptors (Lipinski definition) is 5. The quantitative estimate of drug-likeness (QED) is 0.816. The summed E-state index contributed by atoms with van der Waals surface area (Å²) < 4.78 is 0. The van der Waals surface area contributed by atoms with Crippen LogP contribution in [0.15, 0.2) is 18.5 Å². The summed E-state index contributed by atoms with van der Waals surface area (Å²) in [7, 11) is 0. The van der Waals surface area contributed by atoms with Crippen molar-refractivity contribution in [2.24, 2.45) is 0 Å². The van der Waals surface area contributed by atoms with Gasteiger partial charge >= 0.3 is 0 Å². The average Bonchev–Trinajstić information content (AvgIpc) is 2.28. The highest BCUT2D eigenvalue weighted by atomic mass is 16.3. The predicted octanol–water partition coefficient (Wildman–Crippen LogP) is 0.804. The number of nitrogens with zero attached hydrogens (tertiary/aromatic N) is 3. The summed E-state index contributed by atoms with van der Waals surface area (Å²) in [4.78, 5) is 12.7. The van der Waals surface area contributed by atoms with Gasteiger partial charge in [0.1, 0.15) is 11.3 Å². The molecule has 2 rings (SSSR count). The molecule has 5 nitrogen and oxygen atoms in total. The lowest BCUT2D eigenvalue weighted by Crippen LogP contribution is -2.23. The van der Waals surface area contributed by atoms with E-state index in [9.17, 15) is 0 Å². The van der Waals surface area contributed by atoms with Crippen LogP contribution in [0.1, 0.15) is 18.3 Å². The van der Waals surface area contributed by atoms with E-state index in [2.05, 4.69) is 20.3 Å². The summed E-state index contributed by atoms with van der Waals surface area (Å²) in [6.45, 7) is 4.86. The molecule has 0 amide bonds. The highest BCUT2D eigenvalue weighted by molar-refractivity contribution is 5.73. The monoisotopic (exact) mass is 232 g/mol. The van der Waals surface area contributed by atoms with Gasteiger partial charge in [-0.1, -0.05) is 0 Å². The Bertz CT molecular complexity index is 513. The first-order valence-corrected chi connectivity index (χ1v) is 5.62. The molecule has 0 spiro atoms. The van der Waals surface area contributed by atoms with Gasteiger partial charge in [-0.15, -0.1) is 0 Å². The van der Waals surface area contributed by atoms with Crippen molar-refractivity contribution in [1.29, 1.82) is 0 Å². The Morgan fingerprint density at radius 1 is 1.29 bits per heavy atom. The summed E-state index contributed by atoms with van der Waals surface area (Å²) in [5, 5.41) is 12.3. The van der Waals surface area contributed by atoms with Crippen LogP contribution in [0.5, 0.6) is 0 Å². The van der Waals surface area contributed by atoms with Crippen molar-refractivity contribution in [2.75, 3.05) is 6.54 Å².